The lowest BCUT2D eigenvalue weighted by atomic mass is 10.2. The van der Waals surface area contributed by atoms with Gasteiger partial charge in [-0.05, 0) is 42.0 Å². The Labute approximate surface area is 156 Å². The van der Waals surface area contributed by atoms with Gasteiger partial charge in [-0.25, -0.2) is 12.7 Å². The van der Waals surface area contributed by atoms with Gasteiger partial charge in [-0.2, -0.15) is 0 Å². The van der Waals surface area contributed by atoms with Gasteiger partial charge >= 0.3 is 0 Å². The Hall–Kier alpha value is -1.70. The zero-order valence-electron chi connectivity index (χ0n) is 13.6. The molecule has 132 valence electrons. The molecule has 25 heavy (non-hydrogen) atoms. The van der Waals surface area contributed by atoms with Crippen molar-refractivity contribution in [3.05, 3.63) is 59.1 Å². The fraction of sp³-hybridized carbons (Fsp3) is 0.235. The summed E-state index contributed by atoms with van der Waals surface area (Å²) in [7, 11) is -2.08. The summed E-state index contributed by atoms with van der Waals surface area (Å²) in [5, 5.41) is 1.20. The molecule has 2 aromatic carbocycles. The Balaban J connectivity index is 1.74. The zero-order valence-corrected chi connectivity index (χ0v) is 15.9. The average Bonchev–Trinajstić information content (AvgIpc) is 3.11. The molecule has 1 aliphatic rings. The van der Waals surface area contributed by atoms with Crippen LogP contribution in [-0.2, 0) is 15.8 Å². The normalized spacial score (nSPS) is 14.5. The number of halogens is 1. The number of benzene rings is 2. The van der Waals surface area contributed by atoms with E-state index in [4.69, 9.17) is 16.3 Å². The van der Waals surface area contributed by atoms with E-state index >= 15 is 0 Å². The highest BCUT2D eigenvalue weighted by atomic mass is 35.5. The van der Waals surface area contributed by atoms with Crippen molar-refractivity contribution in [1.29, 1.82) is 0 Å². The number of thioether (sulfide) groups is 1. The summed E-state index contributed by atoms with van der Waals surface area (Å²) < 4.78 is 32.2. The first-order valence-electron chi connectivity index (χ1n) is 7.59. The highest BCUT2D eigenvalue weighted by Gasteiger charge is 2.30. The van der Waals surface area contributed by atoms with E-state index in [1.54, 1.807) is 31.4 Å². The number of methoxy groups -OCH3 is 1. The molecule has 0 atom stereocenters. The maximum atomic E-state index is 12.9. The minimum atomic E-state index is -3.62. The largest absolute Gasteiger partial charge is 0.497 e. The van der Waals surface area contributed by atoms with Crippen LogP contribution >= 0.6 is 23.4 Å². The molecule has 0 unspecified atom stereocenters. The van der Waals surface area contributed by atoms with Crippen LogP contribution in [0.1, 0.15) is 5.56 Å². The van der Waals surface area contributed by atoms with Gasteiger partial charge < -0.3 is 4.74 Å². The van der Waals surface area contributed by atoms with E-state index in [0.29, 0.717) is 34.8 Å². The van der Waals surface area contributed by atoms with Crippen molar-refractivity contribution in [3.8, 4) is 5.75 Å². The van der Waals surface area contributed by atoms with E-state index in [9.17, 15) is 8.42 Å². The van der Waals surface area contributed by atoms with E-state index in [0.717, 1.165) is 5.56 Å². The maximum Gasteiger partial charge on any atom is 0.265 e. The van der Waals surface area contributed by atoms with Crippen LogP contribution in [-0.4, -0.2) is 38.1 Å². The molecule has 0 aliphatic carbocycles. The Kier molecular flexibility index (Phi) is 5.56. The van der Waals surface area contributed by atoms with Gasteiger partial charge in [0, 0.05) is 10.8 Å². The summed E-state index contributed by atoms with van der Waals surface area (Å²) in [5.74, 6) is 1.25. The Bertz CT molecular complexity index is 866. The first-order valence-corrected chi connectivity index (χ1v) is 10.4. The topological polar surface area (TPSA) is 59.0 Å². The second kappa shape index (κ2) is 7.68. The predicted molar refractivity (Wildman–Crippen MR) is 102 cm³/mol. The third-order valence-electron chi connectivity index (χ3n) is 3.69. The van der Waals surface area contributed by atoms with Gasteiger partial charge in [0.05, 0.1) is 25.1 Å². The van der Waals surface area contributed by atoms with E-state index in [1.807, 2.05) is 24.3 Å². The first kappa shape index (κ1) is 18.1. The standard InChI is InChI=1S/C17H17ClN2O3S2/c1-23-15-6-8-16(9-7-15)25(21,22)20-11-10-19-17(20)24-12-13-2-4-14(18)5-3-13/h2-9H,10-12H2,1H3. The molecule has 5 nitrogen and oxygen atoms in total. The number of ether oxygens (including phenoxy) is 1. The molecule has 1 aliphatic heterocycles. The minimum Gasteiger partial charge on any atom is -0.497 e. The second-order valence-electron chi connectivity index (χ2n) is 5.33. The first-order chi connectivity index (χ1) is 12.0. The van der Waals surface area contributed by atoms with Crippen LogP contribution in [0.3, 0.4) is 0 Å². The SMILES string of the molecule is COc1ccc(S(=O)(=O)N2CCN=C2SCc2ccc(Cl)cc2)cc1. The molecule has 0 N–H and O–H groups in total. The molecule has 0 spiro atoms. The lowest BCUT2D eigenvalue weighted by Gasteiger charge is -2.20. The lowest BCUT2D eigenvalue weighted by Crippen LogP contribution is -2.32. The minimum absolute atomic E-state index is 0.231. The molecule has 0 amide bonds. The van der Waals surface area contributed by atoms with Crippen LogP contribution in [0, 0.1) is 0 Å². The van der Waals surface area contributed by atoms with Crippen LogP contribution in [0.2, 0.25) is 5.02 Å². The van der Waals surface area contributed by atoms with Gasteiger partial charge in [0.2, 0.25) is 0 Å². The molecular formula is C17H17ClN2O3S2. The van der Waals surface area contributed by atoms with Crippen molar-refractivity contribution in [2.24, 2.45) is 4.99 Å². The van der Waals surface area contributed by atoms with Crippen molar-refractivity contribution in [3.63, 3.8) is 0 Å². The summed E-state index contributed by atoms with van der Waals surface area (Å²) in [6.07, 6.45) is 0. The third kappa shape index (κ3) is 4.11. The lowest BCUT2D eigenvalue weighted by molar-refractivity contribution is 0.414. The summed E-state index contributed by atoms with van der Waals surface area (Å²) in [4.78, 5) is 4.58. The van der Waals surface area contributed by atoms with E-state index in [-0.39, 0.29) is 4.90 Å². The number of amidine groups is 1. The number of nitrogens with zero attached hydrogens (tertiary/aromatic N) is 2. The highest BCUT2D eigenvalue weighted by molar-refractivity contribution is 8.14. The van der Waals surface area contributed by atoms with Gasteiger partial charge in [0.1, 0.15) is 5.75 Å². The summed E-state index contributed by atoms with van der Waals surface area (Å²) >= 11 is 7.29. The quantitative estimate of drug-likeness (QED) is 0.774. The molecule has 0 bridgehead atoms. The summed E-state index contributed by atoms with van der Waals surface area (Å²) in [6.45, 7) is 0.829. The number of sulfonamides is 1. The van der Waals surface area contributed by atoms with Gasteiger partial charge in [0.15, 0.2) is 5.17 Å². The molecule has 1 heterocycles. The smallest absolute Gasteiger partial charge is 0.265 e. The van der Waals surface area contributed by atoms with E-state index in [1.165, 1.54) is 16.1 Å². The molecule has 0 saturated carbocycles. The van der Waals surface area contributed by atoms with Crippen LogP contribution in [0.15, 0.2) is 58.4 Å². The monoisotopic (exact) mass is 396 g/mol. The molecule has 8 heteroatoms. The molecule has 0 fully saturated rings. The van der Waals surface area contributed by atoms with Crippen molar-refractivity contribution in [1.82, 2.24) is 4.31 Å². The third-order valence-corrected chi connectivity index (χ3v) is 6.95. The van der Waals surface area contributed by atoms with Crippen molar-refractivity contribution < 1.29 is 13.2 Å². The number of hydrogen-bond donors (Lipinski definition) is 0. The van der Waals surface area contributed by atoms with E-state index in [2.05, 4.69) is 4.99 Å². The van der Waals surface area contributed by atoms with Gasteiger partial charge in [-0.1, -0.05) is 35.5 Å². The number of hydrogen-bond acceptors (Lipinski definition) is 5. The van der Waals surface area contributed by atoms with Crippen molar-refractivity contribution in [2.45, 2.75) is 10.6 Å². The van der Waals surface area contributed by atoms with Crippen LogP contribution < -0.4 is 4.74 Å². The zero-order chi connectivity index (χ0) is 17.9. The van der Waals surface area contributed by atoms with Crippen LogP contribution in [0.4, 0.5) is 0 Å². The average molecular weight is 397 g/mol. The molecule has 3 rings (SSSR count). The molecule has 2 aromatic rings. The Morgan fingerprint density at radius 2 is 1.84 bits per heavy atom. The summed E-state index contributed by atoms with van der Waals surface area (Å²) in [5.41, 5.74) is 1.06. The van der Waals surface area contributed by atoms with Gasteiger partial charge in [-0.3, -0.25) is 4.99 Å². The number of rotatable bonds is 5. The maximum absolute atomic E-state index is 12.9. The molecular weight excluding hydrogens is 380 g/mol. The van der Waals surface area contributed by atoms with Crippen LogP contribution in [0.25, 0.3) is 0 Å². The second-order valence-corrected chi connectivity index (χ2v) is 8.57. The molecule has 0 saturated heterocycles. The predicted octanol–water partition coefficient (Wildman–Crippen LogP) is 3.64. The fourth-order valence-electron chi connectivity index (χ4n) is 2.36. The Morgan fingerprint density at radius 1 is 1.16 bits per heavy atom. The number of aliphatic imine (C=N–C) groups is 1. The Morgan fingerprint density at radius 3 is 2.48 bits per heavy atom. The van der Waals surface area contributed by atoms with Gasteiger partial charge in [-0.15, -0.1) is 0 Å². The molecule has 0 aromatic heterocycles. The fourth-order valence-corrected chi connectivity index (χ4v) is 5.16. The van der Waals surface area contributed by atoms with Gasteiger partial charge in [0.25, 0.3) is 10.0 Å². The molecule has 0 radical (unpaired) electrons. The van der Waals surface area contributed by atoms with Crippen molar-refractivity contribution >= 4 is 38.6 Å². The summed E-state index contributed by atoms with van der Waals surface area (Å²) in [6, 6.07) is 13.9. The van der Waals surface area contributed by atoms with E-state index < -0.39 is 10.0 Å². The van der Waals surface area contributed by atoms with Crippen molar-refractivity contribution in [2.75, 3.05) is 20.2 Å². The van der Waals surface area contributed by atoms with Crippen LogP contribution in [0.5, 0.6) is 5.75 Å². The highest BCUT2D eigenvalue weighted by Crippen LogP contribution is 2.27.